The molecule has 1 heterocycles. The number of nitrogens with zero attached hydrogens (tertiary/aromatic N) is 2. The molecular weight excluding hydrogens is 310 g/mol. The van der Waals surface area contributed by atoms with Crippen molar-refractivity contribution < 1.29 is 4.74 Å². The van der Waals surface area contributed by atoms with Crippen LogP contribution in [-0.4, -0.2) is 23.1 Å². The molecule has 3 aromatic rings. The van der Waals surface area contributed by atoms with Gasteiger partial charge < -0.3 is 10.1 Å². The second-order valence-corrected chi connectivity index (χ2v) is 5.51. The van der Waals surface area contributed by atoms with Crippen molar-refractivity contribution in [2.45, 2.75) is 20.0 Å². The van der Waals surface area contributed by atoms with Crippen LogP contribution in [0, 0.1) is 11.8 Å². The average molecular weight is 331 g/mol. The predicted molar refractivity (Wildman–Crippen MR) is 101 cm³/mol. The Labute approximate surface area is 148 Å². The van der Waals surface area contributed by atoms with Crippen molar-refractivity contribution in [2.24, 2.45) is 0 Å². The van der Waals surface area contributed by atoms with Gasteiger partial charge in [-0.15, -0.1) is 0 Å². The summed E-state index contributed by atoms with van der Waals surface area (Å²) in [6, 6.07) is 16.1. The molecule has 0 bridgehead atoms. The molecule has 0 radical (unpaired) electrons. The van der Waals surface area contributed by atoms with E-state index in [0.717, 1.165) is 40.8 Å². The van der Waals surface area contributed by atoms with Gasteiger partial charge in [-0.25, -0.2) is 9.97 Å². The molecule has 126 valence electrons. The van der Waals surface area contributed by atoms with Gasteiger partial charge >= 0.3 is 0 Å². The zero-order valence-corrected chi connectivity index (χ0v) is 14.3. The van der Waals surface area contributed by atoms with E-state index in [2.05, 4.69) is 33.2 Å². The monoisotopic (exact) mass is 331 g/mol. The number of para-hydroxylation sites is 1. The predicted octanol–water partition coefficient (Wildman–Crippen LogP) is 4.02. The smallest absolute Gasteiger partial charge is 0.137 e. The number of hydrogen-bond acceptors (Lipinski definition) is 4. The minimum absolute atomic E-state index is 0.604. The van der Waals surface area contributed by atoms with Gasteiger partial charge in [0.05, 0.1) is 12.1 Å². The summed E-state index contributed by atoms with van der Waals surface area (Å²) in [7, 11) is 0. The van der Waals surface area contributed by atoms with E-state index in [1.807, 2.05) is 49.4 Å². The van der Waals surface area contributed by atoms with Gasteiger partial charge in [0.1, 0.15) is 12.1 Å². The molecule has 0 amide bonds. The third-order valence-electron chi connectivity index (χ3n) is 3.79. The highest BCUT2D eigenvalue weighted by Crippen LogP contribution is 2.18. The Morgan fingerprint density at radius 3 is 2.80 bits per heavy atom. The number of hydrogen-bond donors (Lipinski definition) is 1. The van der Waals surface area contributed by atoms with Crippen molar-refractivity contribution in [2.75, 3.05) is 18.5 Å². The Morgan fingerprint density at radius 2 is 1.88 bits per heavy atom. The SMILES string of the molecule is CCOCc1ccccc1C#CCCNc1ncnc2ccccc12. The summed E-state index contributed by atoms with van der Waals surface area (Å²) in [5, 5.41) is 4.37. The molecule has 2 aromatic carbocycles. The molecule has 0 saturated carbocycles. The van der Waals surface area contributed by atoms with Gasteiger partial charge in [-0.2, -0.15) is 0 Å². The standard InChI is InChI=1S/C21H21N3O/c1-2-25-15-18-11-4-3-9-17(18)10-7-8-14-22-21-19-12-5-6-13-20(19)23-16-24-21/h3-6,9,11-13,16H,2,8,14-15H2,1H3,(H,22,23,24). The van der Waals surface area contributed by atoms with E-state index in [1.165, 1.54) is 0 Å². The largest absolute Gasteiger partial charge is 0.377 e. The van der Waals surface area contributed by atoms with Crippen molar-refractivity contribution in [1.29, 1.82) is 0 Å². The molecule has 3 rings (SSSR count). The maximum atomic E-state index is 5.49. The number of rotatable bonds is 6. The van der Waals surface area contributed by atoms with Crippen molar-refractivity contribution in [1.82, 2.24) is 9.97 Å². The van der Waals surface area contributed by atoms with Gasteiger partial charge in [0.15, 0.2) is 0 Å². The molecule has 0 saturated heterocycles. The fourth-order valence-corrected chi connectivity index (χ4v) is 2.53. The molecule has 4 nitrogen and oxygen atoms in total. The van der Waals surface area contributed by atoms with Crippen LogP contribution in [0.4, 0.5) is 5.82 Å². The van der Waals surface area contributed by atoms with Crippen molar-refractivity contribution in [3.8, 4) is 11.8 Å². The highest BCUT2D eigenvalue weighted by molar-refractivity contribution is 5.88. The average Bonchev–Trinajstić information content (AvgIpc) is 2.67. The van der Waals surface area contributed by atoms with E-state index in [-0.39, 0.29) is 0 Å². The van der Waals surface area contributed by atoms with E-state index in [0.29, 0.717) is 13.2 Å². The summed E-state index contributed by atoms with van der Waals surface area (Å²) >= 11 is 0. The van der Waals surface area contributed by atoms with E-state index < -0.39 is 0 Å². The fourth-order valence-electron chi connectivity index (χ4n) is 2.53. The lowest BCUT2D eigenvalue weighted by Gasteiger charge is -2.06. The first kappa shape index (κ1) is 16.9. The summed E-state index contributed by atoms with van der Waals surface area (Å²) in [6.45, 7) is 4.05. The first-order valence-corrected chi connectivity index (χ1v) is 8.46. The lowest BCUT2D eigenvalue weighted by Crippen LogP contribution is -2.03. The second kappa shape index (κ2) is 8.81. The molecule has 0 spiro atoms. The van der Waals surface area contributed by atoms with Crippen molar-refractivity contribution in [3.63, 3.8) is 0 Å². The molecule has 0 aliphatic carbocycles. The topological polar surface area (TPSA) is 47.0 Å². The van der Waals surface area contributed by atoms with Gasteiger partial charge in [-0.05, 0) is 30.7 Å². The Bertz CT molecular complexity index is 891. The van der Waals surface area contributed by atoms with Crippen LogP contribution in [0.3, 0.4) is 0 Å². The summed E-state index contributed by atoms with van der Waals surface area (Å²) in [4.78, 5) is 8.59. The zero-order chi connectivity index (χ0) is 17.3. The molecule has 0 fully saturated rings. The summed E-state index contributed by atoms with van der Waals surface area (Å²) in [6.07, 6.45) is 2.32. The molecule has 1 N–H and O–H groups in total. The van der Waals surface area contributed by atoms with Crippen molar-refractivity contribution in [3.05, 3.63) is 66.0 Å². The minimum Gasteiger partial charge on any atom is -0.377 e. The van der Waals surface area contributed by atoms with Crippen LogP contribution in [0.1, 0.15) is 24.5 Å². The van der Waals surface area contributed by atoms with E-state index >= 15 is 0 Å². The maximum Gasteiger partial charge on any atom is 0.137 e. The fraction of sp³-hybridized carbons (Fsp3) is 0.238. The molecule has 0 atom stereocenters. The summed E-state index contributed by atoms with van der Waals surface area (Å²) in [5.74, 6) is 7.32. The molecule has 0 aliphatic heterocycles. The zero-order valence-electron chi connectivity index (χ0n) is 14.3. The maximum absolute atomic E-state index is 5.49. The van der Waals surface area contributed by atoms with E-state index in [9.17, 15) is 0 Å². The molecular formula is C21H21N3O. The van der Waals surface area contributed by atoms with Crippen LogP contribution in [0.15, 0.2) is 54.9 Å². The van der Waals surface area contributed by atoms with Gasteiger partial charge in [-0.3, -0.25) is 0 Å². The highest BCUT2D eigenvalue weighted by atomic mass is 16.5. The lowest BCUT2D eigenvalue weighted by atomic mass is 10.1. The molecule has 4 heteroatoms. The van der Waals surface area contributed by atoms with Crippen molar-refractivity contribution >= 4 is 16.7 Å². The molecule has 0 aliphatic rings. The molecule has 25 heavy (non-hydrogen) atoms. The Morgan fingerprint density at radius 1 is 1.04 bits per heavy atom. The summed E-state index contributed by atoms with van der Waals surface area (Å²) < 4.78 is 5.49. The number of fused-ring (bicyclic) bond motifs is 1. The Balaban J connectivity index is 1.60. The van der Waals surface area contributed by atoms with E-state index in [4.69, 9.17) is 4.74 Å². The molecule has 0 unspecified atom stereocenters. The highest BCUT2D eigenvalue weighted by Gasteiger charge is 2.01. The van der Waals surface area contributed by atoms with Crippen LogP contribution in [0.2, 0.25) is 0 Å². The number of benzene rings is 2. The Kier molecular flexibility index (Phi) is 5.97. The van der Waals surface area contributed by atoms with Crippen LogP contribution in [0.25, 0.3) is 10.9 Å². The lowest BCUT2D eigenvalue weighted by molar-refractivity contribution is 0.134. The van der Waals surface area contributed by atoms with Crippen LogP contribution in [-0.2, 0) is 11.3 Å². The first-order valence-electron chi connectivity index (χ1n) is 8.46. The number of anilines is 1. The van der Waals surface area contributed by atoms with Crippen LogP contribution >= 0.6 is 0 Å². The van der Waals surface area contributed by atoms with Gasteiger partial charge in [0.25, 0.3) is 0 Å². The minimum atomic E-state index is 0.604. The van der Waals surface area contributed by atoms with Gasteiger partial charge in [0.2, 0.25) is 0 Å². The second-order valence-electron chi connectivity index (χ2n) is 5.51. The third-order valence-corrected chi connectivity index (χ3v) is 3.79. The third kappa shape index (κ3) is 4.56. The summed E-state index contributed by atoms with van der Waals surface area (Å²) in [5.41, 5.74) is 3.10. The quantitative estimate of drug-likeness (QED) is 0.547. The van der Waals surface area contributed by atoms with Crippen LogP contribution < -0.4 is 5.32 Å². The first-order chi connectivity index (χ1) is 12.4. The van der Waals surface area contributed by atoms with E-state index in [1.54, 1.807) is 6.33 Å². The molecule has 1 aromatic heterocycles. The normalized spacial score (nSPS) is 10.3. The Hall–Kier alpha value is -2.90. The number of nitrogens with one attached hydrogen (secondary N) is 1. The van der Waals surface area contributed by atoms with Gasteiger partial charge in [0, 0.05) is 30.5 Å². The van der Waals surface area contributed by atoms with Gasteiger partial charge in [-0.1, -0.05) is 42.2 Å². The number of ether oxygens (including phenoxy) is 1. The number of aromatic nitrogens is 2. The van der Waals surface area contributed by atoms with Crippen LogP contribution in [0.5, 0.6) is 0 Å².